The summed E-state index contributed by atoms with van der Waals surface area (Å²) in [4.78, 5) is 12.4. The third kappa shape index (κ3) is 5.97. The highest BCUT2D eigenvalue weighted by Gasteiger charge is 2.14. The molecule has 7 nitrogen and oxygen atoms in total. The summed E-state index contributed by atoms with van der Waals surface area (Å²) in [5.74, 6) is 1.13. The molecule has 0 heterocycles. The van der Waals surface area contributed by atoms with E-state index in [4.69, 9.17) is 14.6 Å². The summed E-state index contributed by atoms with van der Waals surface area (Å²) >= 11 is 0. The lowest BCUT2D eigenvalue weighted by molar-refractivity contribution is -0.121. The van der Waals surface area contributed by atoms with Crippen LogP contribution in [0.5, 0.6) is 11.5 Å². The average Bonchev–Trinajstić information content (AvgIpc) is 2.63. The van der Waals surface area contributed by atoms with Gasteiger partial charge in [0.15, 0.2) is 11.5 Å². The highest BCUT2D eigenvalue weighted by molar-refractivity contribution is 7.89. The van der Waals surface area contributed by atoms with E-state index in [1.54, 1.807) is 12.1 Å². The number of nitrogens with two attached hydrogens (primary N) is 1. The van der Waals surface area contributed by atoms with Crippen molar-refractivity contribution in [3.05, 3.63) is 53.6 Å². The maximum absolute atomic E-state index is 12.3. The number of primary sulfonamides is 1. The van der Waals surface area contributed by atoms with E-state index in [1.165, 1.54) is 12.1 Å². The van der Waals surface area contributed by atoms with E-state index in [0.717, 1.165) is 5.56 Å². The molecule has 28 heavy (non-hydrogen) atoms. The van der Waals surface area contributed by atoms with Crippen LogP contribution in [-0.4, -0.2) is 27.5 Å². The number of amides is 1. The van der Waals surface area contributed by atoms with Crippen molar-refractivity contribution in [2.24, 2.45) is 5.14 Å². The van der Waals surface area contributed by atoms with E-state index in [2.05, 4.69) is 5.32 Å². The zero-order chi connectivity index (χ0) is 20.7. The van der Waals surface area contributed by atoms with Crippen LogP contribution in [0.15, 0.2) is 47.4 Å². The lowest BCUT2D eigenvalue weighted by Gasteiger charge is -2.17. The first-order chi connectivity index (χ1) is 13.2. The fourth-order valence-electron chi connectivity index (χ4n) is 2.70. The summed E-state index contributed by atoms with van der Waals surface area (Å²) in [6, 6.07) is 11.3. The molecule has 0 aliphatic rings. The SMILES string of the molecule is CCOc1ccc(C(C)NC(=O)Cc2ccc(S(N)(=O)=O)cc2)cc1OCC. The van der Waals surface area contributed by atoms with Crippen LogP contribution in [0.1, 0.15) is 37.9 Å². The summed E-state index contributed by atoms with van der Waals surface area (Å²) in [7, 11) is -3.74. The maximum atomic E-state index is 12.3. The second-order valence-corrected chi connectivity index (χ2v) is 7.79. The Morgan fingerprint density at radius 1 is 1.04 bits per heavy atom. The van der Waals surface area contributed by atoms with Crippen LogP contribution in [0.3, 0.4) is 0 Å². The van der Waals surface area contributed by atoms with Crippen molar-refractivity contribution >= 4 is 15.9 Å². The highest BCUT2D eigenvalue weighted by atomic mass is 32.2. The third-order valence-corrected chi connectivity index (χ3v) is 4.99. The van der Waals surface area contributed by atoms with Gasteiger partial charge in [-0.2, -0.15) is 0 Å². The molecule has 0 fully saturated rings. The van der Waals surface area contributed by atoms with Gasteiger partial charge in [0, 0.05) is 0 Å². The molecule has 0 aliphatic heterocycles. The fraction of sp³-hybridized carbons (Fsp3) is 0.350. The summed E-state index contributed by atoms with van der Waals surface area (Å²) < 4.78 is 33.8. The van der Waals surface area contributed by atoms with Crippen LogP contribution in [0.2, 0.25) is 0 Å². The van der Waals surface area contributed by atoms with Crippen molar-refractivity contribution in [3.8, 4) is 11.5 Å². The number of carbonyl (C=O) groups excluding carboxylic acids is 1. The van der Waals surface area contributed by atoms with Crippen LogP contribution in [0, 0.1) is 0 Å². The van der Waals surface area contributed by atoms with E-state index in [9.17, 15) is 13.2 Å². The number of rotatable bonds is 9. The van der Waals surface area contributed by atoms with Gasteiger partial charge >= 0.3 is 0 Å². The first-order valence-corrected chi connectivity index (χ1v) is 10.6. The molecule has 3 N–H and O–H groups in total. The molecule has 2 aromatic rings. The molecule has 0 radical (unpaired) electrons. The number of hydrogen-bond donors (Lipinski definition) is 2. The van der Waals surface area contributed by atoms with E-state index < -0.39 is 10.0 Å². The number of nitrogens with one attached hydrogen (secondary N) is 1. The Morgan fingerprint density at radius 3 is 2.21 bits per heavy atom. The Morgan fingerprint density at radius 2 is 1.64 bits per heavy atom. The third-order valence-electron chi connectivity index (χ3n) is 4.06. The molecular formula is C20H26N2O5S. The molecule has 2 rings (SSSR count). The molecular weight excluding hydrogens is 380 g/mol. The van der Waals surface area contributed by atoms with Crippen molar-refractivity contribution in [1.29, 1.82) is 0 Å². The zero-order valence-electron chi connectivity index (χ0n) is 16.3. The van der Waals surface area contributed by atoms with Crippen molar-refractivity contribution in [1.82, 2.24) is 5.32 Å². The van der Waals surface area contributed by atoms with Crippen LogP contribution >= 0.6 is 0 Å². The molecule has 1 amide bonds. The highest BCUT2D eigenvalue weighted by Crippen LogP contribution is 2.30. The molecule has 8 heteroatoms. The molecule has 0 saturated heterocycles. The minimum Gasteiger partial charge on any atom is -0.490 e. The first-order valence-electron chi connectivity index (χ1n) is 9.05. The van der Waals surface area contributed by atoms with Gasteiger partial charge in [0.1, 0.15) is 0 Å². The summed E-state index contributed by atoms with van der Waals surface area (Å²) in [6.45, 7) is 6.74. The Hall–Kier alpha value is -2.58. The van der Waals surface area contributed by atoms with Crippen molar-refractivity contribution in [2.75, 3.05) is 13.2 Å². The van der Waals surface area contributed by atoms with Gasteiger partial charge in [0.05, 0.1) is 30.6 Å². The lowest BCUT2D eigenvalue weighted by Crippen LogP contribution is -2.28. The van der Waals surface area contributed by atoms with E-state index in [1.807, 2.05) is 39.0 Å². The number of hydrogen-bond acceptors (Lipinski definition) is 5. The first kappa shape index (κ1) is 21.7. The molecule has 0 spiro atoms. The molecule has 0 bridgehead atoms. The minimum absolute atomic E-state index is 0.0165. The molecule has 0 aromatic heterocycles. The maximum Gasteiger partial charge on any atom is 0.238 e. The zero-order valence-corrected chi connectivity index (χ0v) is 17.1. The minimum atomic E-state index is -3.74. The van der Waals surface area contributed by atoms with E-state index in [0.29, 0.717) is 30.3 Å². The van der Waals surface area contributed by atoms with Crippen LogP contribution in [0.25, 0.3) is 0 Å². The van der Waals surface area contributed by atoms with Gasteiger partial charge in [0.2, 0.25) is 15.9 Å². The van der Waals surface area contributed by atoms with Gasteiger partial charge in [-0.05, 0) is 56.2 Å². The van der Waals surface area contributed by atoms with Crippen molar-refractivity contribution < 1.29 is 22.7 Å². The largest absolute Gasteiger partial charge is 0.490 e. The second-order valence-electron chi connectivity index (χ2n) is 6.23. The Kier molecular flexibility index (Phi) is 7.42. The standard InChI is InChI=1S/C20H26N2O5S/c1-4-26-18-11-8-16(13-19(18)27-5-2)14(3)22-20(23)12-15-6-9-17(10-7-15)28(21,24)25/h6-11,13-14H,4-5,12H2,1-3H3,(H,22,23)(H2,21,24,25). The Bertz CT molecular complexity index is 911. The van der Waals surface area contributed by atoms with Crippen LogP contribution < -0.4 is 19.9 Å². The molecule has 0 saturated carbocycles. The van der Waals surface area contributed by atoms with Gasteiger partial charge in [-0.1, -0.05) is 18.2 Å². The number of benzene rings is 2. The van der Waals surface area contributed by atoms with Crippen molar-refractivity contribution in [3.63, 3.8) is 0 Å². The molecule has 0 aliphatic carbocycles. The van der Waals surface area contributed by atoms with E-state index >= 15 is 0 Å². The number of carbonyl (C=O) groups is 1. The predicted molar refractivity (Wildman–Crippen MR) is 107 cm³/mol. The van der Waals surface area contributed by atoms with Gasteiger partial charge in [-0.15, -0.1) is 0 Å². The summed E-state index contributed by atoms with van der Waals surface area (Å²) in [5.41, 5.74) is 1.59. The van der Waals surface area contributed by atoms with Crippen LogP contribution in [-0.2, 0) is 21.2 Å². The topological polar surface area (TPSA) is 108 Å². The molecule has 152 valence electrons. The van der Waals surface area contributed by atoms with Gasteiger partial charge in [-0.25, -0.2) is 13.6 Å². The predicted octanol–water partition coefficient (Wildman–Crippen LogP) is 2.55. The smallest absolute Gasteiger partial charge is 0.238 e. The average molecular weight is 407 g/mol. The number of sulfonamides is 1. The lowest BCUT2D eigenvalue weighted by atomic mass is 10.1. The summed E-state index contributed by atoms with van der Waals surface area (Å²) in [5, 5.41) is 8.01. The molecule has 1 atom stereocenters. The molecule has 1 unspecified atom stereocenters. The quantitative estimate of drug-likeness (QED) is 0.665. The van der Waals surface area contributed by atoms with Crippen LogP contribution in [0.4, 0.5) is 0 Å². The van der Waals surface area contributed by atoms with Gasteiger partial charge < -0.3 is 14.8 Å². The summed E-state index contributed by atoms with van der Waals surface area (Å²) in [6.07, 6.45) is 0.130. The normalized spacial score (nSPS) is 12.3. The Labute approximate surface area is 165 Å². The van der Waals surface area contributed by atoms with Gasteiger partial charge in [-0.3, -0.25) is 4.79 Å². The monoisotopic (exact) mass is 406 g/mol. The van der Waals surface area contributed by atoms with E-state index in [-0.39, 0.29) is 23.3 Å². The molecule has 2 aromatic carbocycles. The Balaban J connectivity index is 2.04. The van der Waals surface area contributed by atoms with Crippen molar-refractivity contribution in [2.45, 2.75) is 38.1 Å². The number of ether oxygens (including phenoxy) is 2. The second kappa shape index (κ2) is 9.57. The van der Waals surface area contributed by atoms with Gasteiger partial charge in [0.25, 0.3) is 0 Å². The fourth-order valence-corrected chi connectivity index (χ4v) is 3.21.